The number of thioether (sulfide) groups is 1. The number of aryl methyl sites for hydroxylation is 1. The van der Waals surface area contributed by atoms with Crippen molar-refractivity contribution in [1.29, 1.82) is 0 Å². The van der Waals surface area contributed by atoms with Gasteiger partial charge in [0.2, 0.25) is 0 Å². The van der Waals surface area contributed by atoms with Gasteiger partial charge in [0.15, 0.2) is 0 Å². The number of nitrogens with two attached hydrogens (primary N) is 1. The van der Waals surface area contributed by atoms with Gasteiger partial charge in [-0.2, -0.15) is 11.8 Å². The van der Waals surface area contributed by atoms with Crippen LogP contribution in [-0.2, 0) is 6.42 Å². The van der Waals surface area contributed by atoms with Gasteiger partial charge in [-0.1, -0.05) is 27.2 Å². The van der Waals surface area contributed by atoms with E-state index < -0.39 is 0 Å². The first-order valence-corrected chi connectivity index (χ1v) is 8.59. The molecule has 21 heavy (non-hydrogen) atoms. The van der Waals surface area contributed by atoms with Crippen molar-refractivity contribution in [3.8, 4) is 0 Å². The second-order valence-corrected chi connectivity index (χ2v) is 7.97. The number of nitrogens with zero attached hydrogens (tertiary/aromatic N) is 2. The number of pyridine rings is 1. The van der Waals surface area contributed by atoms with Crippen LogP contribution in [0.15, 0.2) is 12.1 Å². The summed E-state index contributed by atoms with van der Waals surface area (Å²) in [7, 11) is 0. The Morgan fingerprint density at radius 2 is 2.19 bits per heavy atom. The first-order valence-electron chi connectivity index (χ1n) is 7.61. The van der Waals surface area contributed by atoms with E-state index in [1.165, 1.54) is 0 Å². The van der Waals surface area contributed by atoms with Crippen LogP contribution in [0, 0.1) is 0 Å². The summed E-state index contributed by atoms with van der Waals surface area (Å²) in [6.45, 7) is 8.20. The molecule has 0 aliphatic carbocycles. The highest BCUT2D eigenvalue weighted by molar-refractivity contribution is 8.00. The molecule has 1 aromatic heterocycles. The number of carbonyl (C=O) groups excluding carboxylic acids is 1. The van der Waals surface area contributed by atoms with Crippen LogP contribution in [0.2, 0.25) is 0 Å². The Morgan fingerprint density at radius 1 is 1.43 bits per heavy atom. The number of hydrogen-bond acceptors (Lipinski definition) is 4. The molecule has 0 spiro atoms. The number of nitrogen functional groups attached to an aromatic ring is 1. The summed E-state index contributed by atoms with van der Waals surface area (Å²) in [4.78, 5) is 19.0. The summed E-state index contributed by atoms with van der Waals surface area (Å²) >= 11 is 1.94. The van der Waals surface area contributed by atoms with E-state index in [4.69, 9.17) is 5.73 Å². The highest BCUT2D eigenvalue weighted by Gasteiger charge is 2.26. The molecule has 0 radical (unpaired) electrons. The summed E-state index contributed by atoms with van der Waals surface area (Å²) in [5.41, 5.74) is 7.43. The van der Waals surface area contributed by atoms with Crippen LogP contribution in [0.4, 0.5) is 5.82 Å². The van der Waals surface area contributed by atoms with Crippen LogP contribution < -0.4 is 5.73 Å². The van der Waals surface area contributed by atoms with Crippen molar-refractivity contribution >= 4 is 23.5 Å². The maximum atomic E-state index is 12.7. The van der Waals surface area contributed by atoms with Gasteiger partial charge in [-0.3, -0.25) is 4.79 Å². The van der Waals surface area contributed by atoms with Gasteiger partial charge >= 0.3 is 0 Å². The monoisotopic (exact) mass is 307 g/mol. The van der Waals surface area contributed by atoms with Crippen LogP contribution in [0.5, 0.6) is 0 Å². The SMILES string of the molecule is CCCc1cc(C(=O)N2CCSC(C)(C)CC2)cc(N)n1. The van der Waals surface area contributed by atoms with E-state index in [0.717, 1.165) is 43.8 Å². The molecule has 0 atom stereocenters. The lowest BCUT2D eigenvalue weighted by atomic mass is 10.1. The standard InChI is InChI=1S/C16H25N3OS/c1-4-5-13-10-12(11-14(17)18-13)15(20)19-7-6-16(2,3)21-9-8-19/h10-11H,4-9H2,1-3H3,(H2,17,18). The third-order valence-electron chi connectivity index (χ3n) is 3.78. The molecule has 5 heteroatoms. The minimum atomic E-state index is 0.0831. The minimum absolute atomic E-state index is 0.0831. The maximum absolute atomic E-state index is 12.7. The number of hydrogen-bond donors (Lipinski definition) is 1. The molecule has 0 unspecified atom stereocenters. The molecule has 0 aromatic carbocycles. The van der Waals surface area contributed by atoms with Gasteiger partial charge < -0.3 is 10.6 Å². The molecule has 0 saturated carbocycles. The fraction of sp³-hybridized carbons (Fsp3) is 0.625. The third kappa shape index (κ3) is 4.37. The maximum Gasteiger partial charge on any atom is 0.254 e. The van der Waals surface area contributed by atoms with Gasteiger partial charge in [-0.25, -0.2) is 4.98 Å². The van der Waals surface area contributed by atoms with E-state index >= 15 is 0 Å². The van der Waals surface area contributed by atoms with Crippen molar-refractivity contribution in [2.75, 3.05) is 24.6 Å². The fourth-order valence-electron chi connectivity index (χ4n) is 2.52. The summed E-state index contributed by atoms with van der Waals surface area (Å²) in [5.74, 6) is 1.51. The number of amides is 1. The van der Waals surface area contributed by atoms with Crippen LogP contribution >= 0.6 is 11.8 Å². The molecular formula is C16H25N3OS. The molecule has 1 aliphatic heterocycles. The van der Waals surface area contributed by atoms with Crippen LogP contribution in [0.3, 0.4) is 0 Å². The molecule has 1 fully saturated rings. The van der Waals surface area contributed by atoms with E-state index in [1.54, 1.807) is 6.07 Å². The van der Waals surface area contributed by atoms with Crippen molar-refractivity contribution in [1.82, 2.24) is 9.88 Å². The average molecular weight is 307 g/mol. The Kier molecular flexibility index (Phi) is 5.14. The fourth-order valence-corrected chi connectivity index (χ4v) is 3.62. The van der Waals surface area contributed by atoms with Gasteiger partial charge in [0, 0.05) is 34.8 Å². The smallest absolute Gasteiger partial charge is 0.254 e. The molecule has 2 rings (SSSR count). The van der Waals surface area contributed by atoms with E-state index in [9.17, 15) is 4.79 Å². The van der Waals surface area contributed by atoms with Crippen molar-refractivity contribution in [2.45, 2.75) is 44.8 Å². The third-order valence-corrected chi connectivity index (χ3v) is 5.15. The molecule has 2 heterocycles. The Bertz CT molecular complexity index is 516. The zero-order valence-corrected chi connectivity index (χ0v) is 14.0. The highest BCUT2D eigenvalue weighted by Crippen LogP contribution is 2.31. The van der Waals surface area contributed by atoms with Crippen molar-refractivity contribution in [2.24, 2.45) is 0 Å². The Balaban J connectivity index is 2.15. The summed E-state index contributed by atoms with van der Waals surface area (Å²) < 4.78 is 0.250. The van der Waals surface area contributed by atoms with Crippen molar-refractivity contribution < 1.29 is 4.79 Å². The minimum Gasteiger partial charge on any atom is -0.384 e. The lowest BCUT2D eigenvalue weighted by molar-refractivity contribution is 0.0764. The molecule has 1 saturated heterocycles. The van der Waals surface area contributed by atoms with E-state index in [1.807, 2.05) is 22.7 Å². The first kappa shape index (κ1) is 16.1. The number of anilines is 1. The zero-order chi connectivity index (χ0) is 15.5. The number of rotatable bonds is 3. The van der Waals surface area contributed by atoms with Crippen molar-refractivity contribution in [3.63, 3.8) is 0 Å². The first-order chi connectivity index (χ1) is 9.91. The molecule has 116 valence electrons. The summed E-state index contributed by atoms with van der Waals surface area (Å²) in [6, 6.07) is 3.59. The normalized spacial score (nSPS) is 18.3. The molecule has 1 amide bonds. The predicted molar refractivity (Wildman–Crippen MR) is 89.7 cm³/mol. The molecule has 4 nitrogen and oxygen atoms in total. The van der Waals surface area contributed by atoms with Gasteiger partial charge in [0.1, 0.15) is 5.82 Å². The van der Waals surface area contributed by atoms with Crippen LogP contribution in [-0.4, -0.2) is 39.4 Å². The lowest BCUT2D eigenvalue weighted by Gasteiger charge is -2.23. The molecular weight excluding hydrogens is 282 g/mol. The van der Waals surface area contributed by atoms with Crippen molar-refractivity contribution in [3.05, 3.63) is 23.4 Å². The number of carbonyl (C=O) groups is 1. The zero-order valence-electron chi connectivity index (χ0n) is 13.2. The second-order valence-electron chi connectivity index (χ2n) is 6.17. The highest BCUT2D eigenvalue weighted by atomic mass is 32.2. The van der Waals surface area contributed by atoms with Crippen LogP contribution in [0.1, 0.15) is 49.7 Å². The quantitative estimate of drug-likeness (QED) is 0.932. The van der Waals surface area contributed by atoms with E-state index in [0.29, 0.717) is 11.4 Å². The molecule has 2 N–H and O–H groups in total. The Labute approximate surface area is 131 Å². The molecule has 0 bridgehead atoms. The van der Waals surface area contributed by atoms with Crippen LogP contribution in [0.25, 0.3) is 0 Å². The Hall–Kier alpha value is -1.23. The number of aromatic nitrogens is 1. The largest absolute Gasteiger partial charge is 0.384 e. The Morgan fingerprint density at radius 3 is 2.90 bits per heavy atom. The summed E-state index contributed by atoms with van der Waals surface area (Å²) in [6.07, 6.45) is 2.87. The van der Waals surface area contributed by atoms with E-state index in [-0.39, 0.29) is 10.7 Å². The van der Waals surface area contributed by atoms with Gasteiger partial charge in [0.25, 0.3) is 5.91 Å². The van der Waals surface area contributed by atoms with Gasteiger partial charge in [-0.05, 0) is 25.0 Å². The predicted octanol–water partition coefficient (Wildman–Crippen LogP) is 2.97. The average Bonchev–Trinajstić information content (AvgIpc) is 2.58. The topological polar surface area (TPSA) is 59.2 Å². The molecule has 1 aromatic rings. The molecule has 1 aliphatic rings. The van der Waals surface area contributed by atoms with Gasteiger partial charge in [0.05, 0.1) is 0 Å². The second kappa shape index (κ2) is 6.69. The van der Waals surface area contributed by atoms with Gasteiger partial charge in [-0.15, -0.1) is 0 Å². The summed E-state index contributed by atoms with van der Waals surface area (Å²) in [5, 5.41) is 0. The lowest BCUT2D eigenvalue weighted by Crippen LogP contribution is -2.33. The van der Waals surface area contributed by atoms with E-state index in [2.05, 4.69) is 25.8 Å².